The molecule has 2 nitrogen and oxygen atoms in total. The number of nitrogens with zero attached hydrogens (tertiary/aromatic N) is 1. The summed E-state index contributed by atoms with van der Waals surface area (Å²) >= 11 is 1.13. The summed E-state index contributed by atoms with van der Waals surface area (Å²) in [6, 6.07) is 10.8. The summed E-state index contributed by atoms with van der Waals surface area (Å²) in [6.07, 6.45) is 0. The molecule has 0 aliphatic carbocycles. The van der Waals surface area contributed by atoms with Gasteiger partial charge in [0.15, 0.2) is 0 Å². The van der Waals surface area contributed by atoms with Gasteiger partial charge in [-0.25, -0.2) is 0 Å². The molecule has 1 aliphatic heterocycles. The van der Waals surface area contributed by atoms with Gasteiger partial charge < -0.3 is 10.2 Å². The zero-order chi connectivity index (χ0) is 24.3. The van der Waals surface area contributed by atoms with Gasteiger partial charge >= 0.3 is 0 Å². The highest BCUT2D eigenvalue weighted by Gasteiger charge is 2.14. The van der Waals surface area contributed by atoms with Gasteiger partial charge in [-0.2, -0.15) is 0 Å². The average molecular weight is 310 g/mol. The van der Waals surface area contributed by atoms with Crippen LogP contribution in [0.5, 0.6) is 0 Å². The molecule has 0 radical (unpaired) electrons. The summed E-state index contributed by atoms with van der Waals surface area (Å²) in [4.78, 5) is 1.51. The van der Waals surface area contributed by atoms with Crippen LogP contribution < -0.4 is 10.2 Å². The number of aryl methyl sites for hydroxylation is 2. The highest BCUT2D eigenvalue weighted by Crippen LogP contribution is 2.37. The topological polar surface area (TPSA) is 15.3 Å². The fourth-order valence-corrected chi connectivity index (χ4v) is 2.96. The van der Waals surface area contributed by atoms with Crippen molar-refractivity contribution in [2.75, 3.05) is 30.9 Å². The maximum atomic E-state index is 8.35. The molecule has 0 bridgehead atoms. The largest absolute Gasteiger partial charge is 0.368 e. The van der Waals surface area contributed by atoms with Crippen molar-refractivity contribution in [1.82, 2.24) is 5.32 Å². The smallest absolute Gasteiger partial charge is 0.0508 e. The first-order valence-corrected chi connectivity index (χ1v) is 7.21. The second-order valence-electron chi connectivity index (χ2n) is 4.48. The molecule has 21 heavy (non-hydrogen) atoms. The highest BCUT2D eigenvalue weighted by molar-refractivity contribution is 7.99. The van der Waals surface area contributed by atoms with Crippen molar-refractivity contribution in [2.24, 2.45) is 0 Å². The zero-order valence-corrected chi connectivity index (χ0v) is 12.2. The summed E-state index contributed by atoms with van der Waals surface area (Å²) in [6.45, 7) is -12.2. The van der Waals surface area contributed by atoms with Crippen LogP contribution >= 0.6 is 11.8 Å². The van der Waals surface area contributed by atoms with Gasteiger partial charge in [-0.3, -0.25) is 0 Å². The quantitative estimate of drug-likeness (QED) is 0.927. The van der Waals surface area contributed by atoms with Crippen LogP contribution in [-0.4, -0.2) is 26.0 Å². The van der Waals surface area contributed by atoms with E-state index in [1.54, 1.807) is 25.1 Å². The van der Waals surface area contributed by atoms with Crippen LogP contribution in [0, 0.1) is 13.8 Å². The van der Waals surface area contributed by atoms with Crippen LogP contribution in [0.2, 0.25) is 0 Å². The summed E-state index contributed by atoms with van der Waals surface area (Å²) in [5.74, 6) is 0. The molecular formula is C18H22N2S. The van der Waals surface area contributed by atoms with Gasteiger partial charge in [0.2, 0.25) is 0 Å². The number of rotatable bonds is 3. The number of hydrogen-bond donors (Lipinski definition) is 1. The maximum absolute atomic E-state index is 8.35. The minimum Gasteiger partial charge on any atom is -0.368 e. The van der Waals surface area contributed by atoms with Gasteiger partial charge in [0.1, 0.15) is 0 Å². The van der Waals surface area contributed by atoms with E-state index < -0.39 is 32.8 Å². The Kier molecular flexibility index (Phi) is 1.98. The molecule has 1 heterocycles. The van der Waals surface area contributed by atoms with Crippen LogP contribution in [0.4, 0.5) is 5.69 Å². The summed E-state index contributed by atoms with van der Waals surface area (Å²) in [7, 11) is 0. The minimum atomic E-state index is -2.95. The van der Waals surface area contributed by atoms with E-state index in [0.717, 1.165) is 11.8 Å². The maximum Gasteiger partial charge on any atom is 0.0508 e. The molecule has 1 saturated heterocycles. The zero-order valence-electron chi connectivity index (χ0n) is 22.4. The van der Waals surface area contributed by atoms with E-state index in [2.05, 4.69) is 0 Å². The molecule has 110 valence electrons. The van der Waals surface area contributed by atoms with Gasteiger partial charge in [-0.05, 0) is 37.5 Å². The Morgan fingerprint density at radius 2 is 1.95 bits per heavy atom. The normalized spacial score (nSPS) is 33.2. The molecule has 0 spiro atoms. The van der Waals surface area contributed by atoms with Gasteiger partial charge in [0, 0.05) is 45.4 Å². The lowest BCUT2D eigenvalue weighted by Crippen LogP contribution is -2.43. The second kappa shape index (κ2) is 6.54. The first-order valence-electron chi connectivity index (χ1n) is 11.9. The van der Waals surface area contributed by atoms with Crippen molar-refractivity contribution in [3.63, 3.8) is 0 Å². The second-order valence-corrected chi connectivity index (χ2v) is 5.57. The Morgan fingerprint density at radius 3 is 2.71 bits per heavy atom. The van der Waals surface area contributed by atoms with E-state index in [-0.39, 0.29) is 11.3 Å². The number of para-hydroxylation sites is 1. The van der Waals surface area contributed by atoms with Gasteiger partial charge in [-0.15, -0.1) is 0 Å². The van der Waals surface area contributed by atoms with Crippen LogP contribution in [-0.2, 0) is 0 Å². The van der Waals surface area contributed by atoms with Gasteiger partial charge in [0.25, 0.3) is 0 Å². The summed E-state index contributed by atoms with van der Waals surface area (Å²) < 4.78 is 88.1. The van der Waals surface area contributed by atoms with E-state index in [9.17, 15) is 0 Å². The Labute approximate surface area is 147 Å². The van der Waals surface area contributed by atoms with E-state index in [1.807, 2.05) is 5.32 Å². The van der Waals surface area contributed by atoms with Crippen LogP contribution in [0.3, 0.4) is 0 Å². The van der Waals surface area contributed by atoms with E-state index >= 15 is 0 Å². The fourth-order valence-electron chi connectivity index (χ4n) is 1.96. The number of hydrogen-bond acceptors (Lipinski definition) is 3. The molecule has 1 aliphatic rings. The molecule has 0 unspecified atom stereocenters. The molecule has 2 aromatic carbocycles. The van der Waals surface area contributed by atoms with Crippen molar-refractivity contribution in [3.05, 3.63) is 53.6 Å². The molecular weight excluding hydrogens is 276 g/mol. The van der Waals surface area contributed by atoms with E-state index in [4.69, 9.17) is 15.1 Å². The van der Waals surface area contributed by atoms with Gasteiger partial charge in [-0.1, -0.05) is 41.6 Å². The Hall–Kier alpha value is -1.45. The molecule has 2 aromatic rings. The Balaban J connectivity index is 2.12. The van der Waals surface area contributed by atoms with E-state index in [1.165, 1.54) is 24.3 Å². The van der Waals surface area contributed by atoms with Crippen molar-refractivity contribution in [1.29, 1.82) is 0 Å². The van der Waals surface area contributed by atoms with Crippen LogP contribution in [0.15, 0.2) is 52.3 Å². The fraction of sp³-hybridized carbons (Fsp3) is 0.333. The third-order valence-corrected chi connectivity index (χ3v) is 4.20. The number of nitrogens with one attached hydrogen (secondary N) is 1. The molecule has 1 N–H and O–H groups in total. The predicted octanol–water partition coefficient (Wildman–Crippen LogP) is 3.86. The number of piperazine rings is 1. The van der Waals surface area contributed by atoms with E-state index in [0.29, 0.717) is 20.3 Å². The summed E-state index contributed by atoms with van der Waals surface area (Å²) in [5, 5.41) is 1.83. The third kappa shape index (κ3) is 3.42. The molecule has 0 atom stereocenters. The molecule has 0 aromatic heterocycles. The van der Waals surface area contributed by atoms with Crippen molar-refractivity contribution < 1.29 is 15.1 Å². The van der Waals surface area contributed by atoms with Crippen molar-refractivity contribution in [3.8, 4) is 0 Å². The first-order chi connectivity index (χ1) is 14.4. The lowest BCUT2D eigenvalue weighted by molar-refractivity contribution is 0.587. The molecule has 0 amide bonds. The van der Waals surface area contributed by atoms with Crippen molar-refractivity contribution >= 4 is 17.4 Å². The monoisotopic (exact) mass is 309 g/mol. The molecule has 3 rings (SSSR count). The summed E-state index contributed by atoms with van der Waals surface area (Å²) in [5.41, 5.74) is 0.792. The predicted molar refractivity (Wildman–Crippen MR) is 91.6 cm³/mol. The first kappa shape index (κ1) is 6.35. The average Bonchev–Trinajstić information content (AvgIpc) is 2.61. The van der Waals surface area contributed by atoms with Crippen molar-refractivity contribution in [2.45, 2.75) is 23.6 Å². The lowest BCUT2D eigenvalue weighted by Gasteiger charge is -2.31. The SMILES string of the molecule is [2H]C([2H])([2H])c1ccc(Sc2ccccc2N2C([2H])([2H])C([2H])([2H])NC([2H])([2H])C2([2H])[2H])c(C)c1. The molecule has 3 heteroatoms. The highest BCUT2D eigenvalue weighted by atomic mass is 32.2. The third-order valence-electron chi connectivity index (χ3n) is 2.96. The Morgan fingerprint density at radius 1 is 1.14 bits per heavy atom. The number of benzene rings is 2. The Bertz CT molecular complexity index is 994. The standard InChI is InChI=1S/C18H22N2S/c1-14-7-8-17(15(2)13-14)21-18-6-4-3-5-16(18)20-11-9-19-10-12-20/h3-8,13,19H,9-12H2,1-2H3/i1D3,9D2,10D2,11D2,12D2. The van der Waals surface area contributed by atoms with Crippen LogP contribution in [0.25, 0.3) is 0 Å². The van der Waals surface area contributed by atoms with Gasteiger partial charge in [0.05, 0.1) is 11.2 Å². The molecule has 0 saturated carbocycles. The number of anilines is 1. The lowest BCUT2D eigenvalue weighted by atomic mass is 10.2. The molecule has 1 fully saturated rings. The minimum absolute atomic E-state index is 0.0268. The van der Waals surface area contributed by atoms with Crippen LogP contribution in [0.1, 0.15) is 26.2 Å².